The molecule has 1 saturated heterocycles. The van der Waals surface area contributed by atoms with Gasteiger partial charge in [-0.2, -0.15) is 4.98 Å². The Hall–Kier alpha value is -2.89. The zero-order valence-corrected chi connectivity index (χ0v) is 24.3. The maximum Gasteiger partial charge on any atom is 0.330 e. The zero-order chi connectivity index (χ0) is 28.2. The molecular formula is C28H39ClFN7O3. The Labute approximate surface area is 240 Å². The summed E-state index contributed by atoms with van der Waals surface area (Å²) in [6.45, 7) is 8.71. The third-order valence-corrected chi connectivity index (χ3v) is 8.04. The Balaban J connectivity index is 1.26. The van der Waals surface area contributed by atoms with Crippen LogP contribution in [-0.4, -0.2) is 91.9 Å². The minimum Gasteiger partial charge on any atom is -0.493 e. The number of nitrogens with zero attached hydrogens (tertiary/aromatic N) is 6. The maximum atomic E-state index is 15.5. The minimum atomic E-state index is -0.713. The molecular weight excluding hydrogens is 537 g/mol. The van der Waals surface area contributed by atoms with Gasteiger partial charge in [0.25, 0.3) is 0 Å². The van der Waals surface area contributed by atoms with Gasteiger partial charge in [-0.1, -0.05) is 18.0 Å². The number of anilines is 3. The number of unbranched alkanes of at least 4 members (excludes halogenated alkanes) is 2. The molecule has 2 amide bonds. The number of piperazine rings is 1. The van der Waals surface area contributed by atoms with E-state index in [0.717, 1.165) is 70.5 Å². The molecule has 1 aromatic carbocycles. The number of methoxy groups -OCH3 is 1. The van der Waals surface area contributed by atoms with Crippen molar-refractivity contribution in [3.8, 4) is 11.5 Å². The van der Waals surface area contributed by atoms with Crippen LogP contribution in [0.15, 0.2) is 12.3 Å². The van der Waals surface area contributed by atoms with Crippen molar-refractivity contribution in [3.63, 3.8) is 0 Å². The van der Waals surface area contributed by atoms with Crippen molar-refractivity contribution in [2.24, 2.45) is 0 Å². The fourth-order valence-electron chi connectivity index (χ4n) is 5.23. The summed E-state index contributed by atoms with van der Waals surface area (Å²) >= 11 is 6.58. The monoisotopic (exact) mass is 575 g/mol. The first kappa shape index (κ1) is 28.6. The molecule has 1 N–H and O–H groups in total. The number of amides is 2. The number of nitrogens with one attached hydrogen (secondary N) is 1. The Bertz CT molecular complexity index is 1210. The predicted molar refractivity (Wildman–Crippen MR) is 155 cm³/mol. The number of ether oxygens (including phenoxy) is 2. The zero-order valence-electron chi connectivity index (χ0n) is 23.6. The van der Waals surface area contributed by atoms with Crippen LogP contribution in [0.3, 0.4) is 0 Å². The van der Waals surface area contributed by atoms with Crippen LogP contribution >= 0.6 is 11.6 Å². The molecule has 1 saturated carbocycles. The van der Waals surface area contributed by atoms with Crippen LogP contribution in [0.1, 0.15) is 44.6 Å². The summed E-state index contributed by atoms with van der Waals surface area (Å²) in [5.41, 5.74) is 0.657. The molecule has 0 radical (unpaired) electrons. The highest BCUT2D eigenvalue weighted by atomic mass is 35.5. The molecule has 0 bridgehead atoms. The normalized spacial score (nSPS) is 18.2. The van der Waals surface area contributed by atoms with Crippen LogP contribution in [0.25, 0.3) is 0 Å². The van der Waals surface area contributed by atoms with Gasteiger partial charge in [-0.05, 0) is 46.2 Å². The molecule has 2 aliphatic heterocycles. The van der Waals surface area contributed by atoms with E-state index < -0.39 is 5.82 Å². The highest BCUT2D eigenvalue weighted by Crippen LogP contribution is 2.46. The van der Waals surface area contributed by atoms with Gasteiger partial charge in [0.1, 0.15) is 22.3 Å². The van der Waals surface area contributed by atoms with E-state index in [9.17, 15) is 4.79 Å². The molecule has 3 aliphatic rings. The van der Waals surface area contributed by atoms with E-state index in [4.69, 9.17) is 26.1 Å². The van der Waals surface area contributed by atoms with Gasteiger partial charge in [0.15, 0.2) is 11.6 Å². The van der Waals surface area contributed by atoms with Crippen molar-refractivity contribution >= 4 is 35.1 Å². The van der Waals surface area contributed by atoms with Gasteiger partial charge in [0.2, 0.25) is 5.95 Å². The van der Waals surface area contributed by atoms with Crippen LogP contribution in [0.2, 0.25) is 5.02 Å². The highest BCUT2D eigenvalue weighted by molar-refractivity contribution is 6.35. The molecule has 10 nitrogen and oxygen atoms in total. The molecule has 2 fully saturated rings. The highest BCUT2D eigenvalue weighted by Gasteiger charge is 2.43. The Morgan fingerprint density at radius 1 is 1.15 bits per heavy atom. The van der Waals surface area contributed by atoms with Gasteiger partial charge in [0, 0.05) is 56.6 Å². The Kier molecular flexibility index (Phi) is 9.12. The molecule has 0 unspecified atom stereocenters. The third kappa shape index (κ3) is 6.21. The molecule has 0 spiro atoms. The van der Waals surface area contributed by atoms with Crippen molar-refractivity contribution < 1.29 is 18.7 Å². The van der Waals surface area contributed by atoms with Gasteiger partial charge in [0.05, 0.1) is 20.3 Å². The van der Waals surface area contributed by atoms with E-state index in [2.05, 4.69) is 27.1 Å². The summed E-state index contributed by atoms with van der Waals surface area (Å²) in [6.07, 6.45) is 6.74. The first-order valence-electron chi connectivity index (χ1n) is 14.2. The molecule has 0 atom stereocenters. The first-order chi connectivity index (χ1) is 19.4. The smallest absolute Gasteiger partial charge is 0.330 e. The van der Waals surface area contributed by atoms with Crippen molar-refractivity contribution in [1.82, 2.24) is 19.8 Å². The summed E-state index contributed by atoms with van der Waals surface area (Å²) < 4.78 is 26.3. The lowest BCUT2D eigenvalue weighted by atomic mass is 10.1. The van der Waals surface area contributed by atoms with Crippen LogP contribution in [0, 0.1) is 5.82 Å². The van der Waals surface area contributed by atoms with Crippen LogP contribution in [0.5, 0.6) is 11.5 Å². The summed E-state index contributed by atoms with van der Waals surface area (Å²) in [4.78, 5) is 30.9. The topological polar surface area (TPSA) is 86.3 Å². The molecule has 2 aromatic rings. The van der Waals surface area contributed by atoms with Crippen LogP contribution < -0.4 is 24.6 Å². The van der Waals surface area contributed by atoms with E-state index in [1.54, 1.807) is 18.0 Å². The van der Waals surface area contributed by atoms with E-state index in [1.165, 1.54) is 24.5 Å². The van der Waals surface area contributed by atoms with Crippen LogP contribution in [-0.2, 0) is 6.54 Å². The van der Waals surface area contributed by atoms with Crippen molar-refractivity contribution in [2.45, 2.75) is 51.6 Å². The van der Waals surface area contributed by atoms with Crippen LogP contribution in [0.4, 0.5) is 26.6 Å². The fourth-order valence-corrected chi connectivity index (χ4v) is 5.52. The number of urea groups is 1. The molecule has 1 aliphatic carbocycles. The molecule has 40 heavy (non-hydrogen) atoms. The number of halogens is 2. The number of fused-ring (bicyclic) bond motifs is 1. The van der Waals surface area contributed by atoms with Crippen molar-refractivity contribution in [1.29, 1.82) is 0 Å². The second kappa shape index (κ2) is 12.7. The van der Waals surface area contributed by atoms with Crippen molar-refractivity contribution in [2.75, 3.05) is 75.1 Å². The lowest BCUT2D eigenvalue weighted by Gasteiger charge is -2.37. The van der Waals surface area contributed by atoms with Gasteiger partial charge >= 0.3 is 6.03 Å². The predicted octanol–water partition coefficient (Wildman–Crippen LogP) is 4.62. The first-order valence-corrected chi connectivity index (χ1v) is 14.6. The SMILES string of the molecule is CCOc1cc(OC)c(F)c(N2Cc3cnc(NCCCCCN4CCN(C)CC4)nc3N(C3CC3)C2=O)c1Cl. The number of likely N-dealkylation sites (N-methyl/N-ethyl adjacent to an activating group) is 1. The second-order valence-electron chi connectivity index (χ2n) is 10.6. The largest absolute Gasteiger partial charge is 0.493 e. The van der Waals surface area contributed by atoms with Crippen molar-refractivity contribution in [3.05, 3.63) is 28.7 Å². The molecule has 5 rings (SSSR count). The average molecular weight is 576 g/mol. The average Bonchev–Trinajstić information content (AvgIpc) is 3.79. The number of hydrogen-bond donors (Lipinski definition) is 1. The molecule has 1 aromatic heterocycles. The summed E-state index contributed by atoms with van der Waals surface area (Å²) in [7, 11) is 3.54. The number of carbonyl (C=O) groups is 1. The van der Waals surface area contributed by atoms with Gasteiger partial charge < -0.3 is 24.6 Å². The second-order valence-corrected chi connectivity index (χ2v) is 11.0. The minimum absolute atomic E-state index is 0.00480. The standard InChI is InChI=1S/C28H39ClFN7O3/c1-4-40-21-16-22(39-3)24(30)25(23(21)29)36-18-19-17-32-27(33-26(19)37(28(36)38)20-8-9-20)31-10-6-5-7-11-35-14-12-34(2)13-15-35/h16-17,20H,4-15,18H2,1-3H3,(H,31,32,33). The van der Waals surface area contributed by atoms with E-state index in [-0.39, 0.29) is 40.8 Å². The summed E-state index contributed by atoms with van der Waals surface area (Å²) in [6, 6.07) is 1.03. The summed E-state index contributed by atoms with van der Waals surface area (Å²) in [5.74, 6) is 0.567. The fraction of sp³-hybridized carbons (Fsp3) is 0.607. The number of carbonyl (C=O) groups excluding carboxylic acids is 1. The van der Waals surface area contributed by atoms with E-state index in [1.807, 2.05) is 0 Å². The van der Waals surface area contributed by atoms with Gasteiger partial charge in [-0.25, -0.2) is 14.2 Å². The number of hydrogen-bond acceptors (Lipinski definition) is 8. The lowest BCUT2D eigenvalue weighted by Crippen LogP contribution is -2.49. The lowest BCUT2D eigenvalue weighted by molar-refractivity contribution is 0.152. The van der Waals surface area contributed by atoms with Gasteiger partial charge in [-0.3, -0.25) is 9.80 Å². The number of rotatable bonds is 12. The molecule has 12 heteroatoms. The number of benzene rings is 1. The molecule has 3 heterocycles. The van der Waals surface area contributed by atoms with Gasteiger partial charge in [-0.15, -0.1) is 0 Å². The quantitative estimate of drug-likeness (QED) is 0.367. The van der Waals surface area contributed by atoms with E-state index in [0.29, 0.717) is 18.4 Å². The Morgan fingerprint density at radius 3 is 2.62 bits per heavy atom. The maximum absolute atomic E-state index is 15.5. The molecule has 218 valence electrons. The third-order valence-electron chi connectivity index (χ3n) is 7.68. The van der Waals surface area contributed by atoms with E-state index >= 15 is 4.39 Å². The number of aromatic nitrogens is 2. The summed E-state index contributed by atoms with van der Waals surface area (Å²) in [5, 5.41) is 3.35. The Morgan fingerprint density at radius 2 is 1.93 bits per heavy atom.